The second kappa shape index (κ2) is 6.75. The van der Waals surface area contributed by atoms with Crippen molar-refractivity contribution >= 4 is 0 Å². The Bertz CT molecular complexity index is 347. The Morgan fingerprint density at radius 3 is 2.53 bits per heavy atom. The molecule has 0 aliphatic heterocycles. The van der Waals surface area contributed by atoms with Crippen molar-refractivity contribution in [3.63, 3.8) is 0 Å². The Morgan fingerprint density at radius 1 is 1.24 bits per heavy atom. The number of rotatable bonds is 6. The van der Waals surface area contributed by atoms with Gasteiger partial charge in [0.25, 0.3) is 0 Å². The van der Waals surface area contributed by atoms with Gasteiger partial charge >= 0.3 is 0 Å². The van der Waals surface area contributed by atoms with Gasteiger partial charge in [0.15, 0.2) is 0 Å². The van der Waals surface area contributed by atoms with Crippen LogP contribution in [-0.2, 0) is 6.42 Å². The van der Waals surface area contributed by atoms with Crippen LogP contribution in [0.1, 0.15) is 37.8 Å². The lowest BCUT2D eigenvalue weighted by molar-refractivity contribution is 0.449. The third-order valence-corrected chi connectivity index (χ3v) is 3.28. The first-order valence-electron chi connectivity index (χ1n) is 6.45. The van der Waals surface area contributed by atoms with Crippen LogP contribution in [0, 0.1) is 18.7 Å². The number of hydrogen-bond acceptors (Lipinski definition) is 1. The van der Waals surface area contributed by atoms with Crippen LogP contribution in [0.3, 0.4) is 0 Å². The molecule has 0 fully saturated rings. The lowest BCUT2D eigenvalue weighted by atomic mass is 9.95. The van der Waals surface area contributed by atoms with E-state index in [1.54, 1.807) is 6.07 Å². The summed E-state index contributed by atoms with van der Waals surface area (Å²) in [5.74, 6) is 0.587. The molecule has 0 heterocycles. The number of aryl methyl sites for hydroxylation is 1. The fourth-order valence-electron chi connectivity index (χ4n) is 2.01. The summed E-state index contributed by atoms with van der Waals surface area (Å²) in [6.45, 7) is 6.52. The van der Waals surface area contributed by atoms with E-state index in [9.17, 15) is 4.39 Å². The first-order valence-corrected chi connectivity index (χ1v) is 6.45. The molecule has 1 aromatic carbocycles. The average molecular weight is 237 g/mol. The summed E-state index contributed by atoms with van der Waals surface area (Å²) in [6.07, 6.45) is 3.26. The van der Waals surface area contributed by atoms with Crippen molar-refractivity contribution in [2.75, 3.05) is 7.05 Å². The van der Waals surface area contributed by atoms with Crippen LogP contribution in [-0.4, -0.2) is 13.1 Å². The molecule has 1 atom stereocenters. The molecule has 1 rings (SSSR count). The highest BCUT2D eigenvalue weighted by Crippen LogP contribution is 2.15. The smallest absolute Gasteiger partial charge is 0.123 e. The quantitative estimate of drug-likeness (QED) is 0.795. The summed E-state index contributed by atoms with van der Waals surface area (Å²) in [5, 5.41) is 3.33. The highest BCUT2D eigenvalue weighted by molar-refractivity contribution is 5.27. The highest BCUT2D eigenvalue weighted by atomic mass is 19.1. The zero-order valence-corrected chi connectivity index (χ0v) is 11.4. The summed E-state index contributed by atoms with van der Waals surface area (Å²) in [5.41, 5.74) is 2.30. The third-order valence-electron chi connectivity index (χ3n) is 3.28. The van der Waals surface area contributed by atoms with Gasteiger partial charge in [-0.2, -0.15) is 0 Å². The van der Waals surface area contributed by atoms with Gasteiger partial charge in [0.1, 0.15) is 5.82 Å². The van der Waals surface area contributed by atoms with E-state index < -0.39 is 0 Å². The molecule has 2 heteroatoms. The van der Waals surface area contributed by atoms with Crippen LogP contribution >= 0.6 is 0 Å². The predicted octanol–water partition coefficient (Wildman–Crippen LogP) is 3.70. The second-order valence-corrected chi connectivity index (χ2v) is 5.23. The Labute approximate surface area is 104 Å². The van der Waals surface area contributed by atoms with Gasteiger partial charge in [-0.15, -0.1) is 0 Å². The van der Waals surface area contributed by atoms with Crippen molar-refractivity contribution in [2.24, 2.45) is 5.92 Å². The van der Waals surface area contributed by atoms with E-state index >= 15 is 0 Å². The summed E-state index contributed by atoms with van der Waals surface area (Å²) in [4.78, 5) is 0. The van der Waals surface area contributed by atoms with Crippen LogP contribution in [0.25, 0.3) is 0 Å². The number of benzene rings is 1. The second-order valence-electron chi connectivity index (χ2n) is 5.23. The Kier molecular flexibility index (Phi) is 5.63. The maximum atomic E-state index is 13.2. The SMILES string of the molecule is CNC(CCC(C)C)Cc1cc(F)ccc1C. The molecule has 17 heavy (non-hydrogen) atoms. The molecule has 1 unspecified atom stereocenters. The molecule has 0 bridgehead atoms. The van der Waals surface area contributed by atoms with Crippen molar-refractivity contribution in [2.45, 2.75) is 46.1 Å². The first-order chi connectivity index (χ1) is 8.02. The van der Waals surface area contributed by atoms with E-state index in [1.807, 2.05) is 20.0 Å². The minimum absolute atomic E-state index is 0.135. The van der Waals surface area contributed by atoms with E-state index in [1.165, 1.54) is 18.1 Å². The van der Waals surface area contributed by atoms with Crippen LogP contribution in [0.4, 0.5) is 4.39 Å². The van der Waals surface area contributed by atoms with Gasteiger partial charge in [-0.05, 0) is 62.4 Å². The van der Waals surface area contributed by atoms with E-state index in [4.69, 9.17) is 0 Å². The van der Waals surface area contributed by atoms with Gasteiger partial charge in [-0.1, -0.05) is 19.9 Å². The van der Waals surface area contributed by atoms with E-state index in [0.717, 1.165) is 24.3 Å². The maximum Gasteiger partial charge on any atom is 0.123 e. The lowest BCUT2D eigenvalue weighted by Gasteiger charge is -2.18. The van der Waals surface area contributed by atoms with E-state index in [-0.39, 0.29) is 5.82 Å². The molecule has 1 N–H and O–H groups in total. The zero-order chi connectivity index (χ0) is 12.8. The molecule has 0 spiro atoms. The molecule has 0 aliphatic carbocycles. The van der Waals surface area contributed by atoms with Crippen molar-refractivity contribution in [1.29, 1.82) is 0 Å². The summed E-state index contributed by atoms with van der Waals surface area (Å²) in [6, 6.07) is 5.49. The standard InChI is InChI=1S/C15H24FN/c1-11(2)5-8-15(17-4)10-13-9-14(16)7-6-12(13)3/h6-7,9,11,15,17H,5,8,10H2,1-4H3. The maximum absolute atomic E-state index is 13.2. The zero-order valence-electron chi connectivity index (χ0n) is 11.4. The molecule has 0 aliphatic rings. The predicted molar refractivity (Wildman–Crippen MR) is 71.8 cm³/mol. The summed E-state index contributed by atoms with van der Waals surface area (Å²) >= 11 is 0. The Hall–Kier alpha value is -0.890. The lowest BCUT2D eigenvalue weighted by Crippen LogP contribution is -2.28. The molecule has 0 saturated heterocycles. The topological polar surface area (TPSA) is 12.0 Å². The summed E-state index contributed by atoms with van der Waals surface area (Å²) < 4.78 is 13.2. The van der Waals surface area contributed by atoms with Crippen LogP contribution in [0.5, 0.6) is 0 Å². The average Bonchev–Trinajstić information content (AvgIpc) is 2.28. The third kappa shape index (κ3) is 4.86. The molecule has 0 amide bonds. The van der Waals surface area contributed by atoms with Crippen LogP contribution in [0.15, 0.2) is 18.2 Å². The molecule has 0 saturated carbocycles. The molecule has 1 nitrogen and oxygen atoms in total. The van der Waals surface area contributed by atoms with Crippen molar-refractivity contribution in [3.8, 4) is 0 Å². The monoisotopic (exact) mass is 237 g/mol. The van der Waals surface area contributed by atoms with Gasteiger partial charge < -0.3 is 5.32 Å². The fourth-order valence-corrected chi connectivity index (χ4v) is 2.01. The van der Waals surface area contributed by atoms with Gasteiger partial charge in [0, 0.05) is 6.04 Å². The number of hydrogen-bond donors (Lipinski definition) is 1. The van der Waals surface area contributed by atoms with Crippen molar-refractivity contribution < 1.29 is 4.39 Å². The minimum Gasteiger partial charge on any atom is -0.317 e. The van der Waals surface area contributed by atoms with Crippen LogP contribution in [0.2, 0.25) is 0 Å². The van der Waals surface area contributed by atoms with Gasteiger partial charge in [0.2, 0.25) is 0 Å². The van der Waals surface area contributed by atoms with Crippen LogP contribution < -0.4 is 5.32 Å². The molecule has 96 valence electrons. The highest BCUT2D eigenvalue weighted by Gasteiger charge is 2.10. The van der Waals surface area contributed by atoms with E-state index in [2.05, 4.69) is 19.2 Å². The minimum atomic E-state index is -0.135. The number of nitrogens with one attached hydrogen (secondary N) is 1. The molecule has 1 aromatic rings. The Morgan fingerprint density at radius 2 is 1.94 bits per heavy atom. The van der Waals surface area contributed by atoms with Gasteiger partial charge in [-0.25, -0.2) is 4.39 Å². The van der Waals surface area contributed by atoms with Gasteiger partial charge in [0.05, 0.1) is 0 Å². The first kappa shape index (κ1) is 14.2. The normalized spacial score (nSPS) is 13.1. The fraction of sp³-hybridized carbons (Fsp3) is 0.600. The molecule has 0 radical (unpaired) electrons. The molecule has 0 aromatic heterocycles. The largest absolute Gasteiger partial charge is 0.317 e. The van der Waals surface area contributed by atoms with Gasteiger partial charge in [-0.3, -0.25) is 0 Å². The van der Waals surface area contributed by atoms with Crippen molar-refractivity contribution in [1.82, 2.24) is 5.32 Å². The molecular weight excluding hydrogens is 213 g/mol. The Balaban J connectivity index is 2.63. The van der Waals surface area contributed by atoms with E-state index in [0.29, 0.717) is 6.04 Å². The number of halogens is 1. The number of likely N-dealkylation sites (N-methyl/N-ethyl adjacent to an activating group) is 1. The summed E-state index contributed by atoms with van der Waals surface area (Å²) in [7, 11) is 1.99. The molecular formula is C15H24FN. The van der Waals surface area contributed by atoms with Crippen molar-refractivity contribution in [3.05, 3.63) is 35.1 Å².